The molecule has 0 N–H and O–H groups in total. The Morgan fingerprint density at radius 3 is 3.10 bits per heavy atom. The first-order chi connectivity index (χ1) is 10.2. The van der Waals surface area contributed by atoms with Gasteiger partial charge in [-0.05, 0) is 18.7 Å². The molecule has 0 aromatic carbocycles. The molecule has 3 heterocycles. The average molecular weight is 322 g/mol. The predicted octanol–water partition coefficient (Wildman–Crippen LogP) is 2.31. The third kappa shape index (κ3) is 2.86. The molecule has 6 nitrogen and oxygen atoms in total. The molecule has 0 spiro atoms. The number of thioether (sulfide) groups is 1. The number of fused-ring (bicyclic) bond motifs is 1. The molecule has 0 aliphatic carbocycles. The highest BCUT2D eigenvalue weighted by atomic mass is 32.2. The van der Waals surface area contributed by atoms with Gasteiger partial charge in [0.05, 0.1) is 17.5 Å². The lowest BCUT2D eigenvalue weighted by Crippen LogP contribution is -2.20. The third-order valence-electron chi connectivity index (χ3n) is 3.01. The van der Waals surface area contributed by atoms with Gasteiger partial charge in [-0.1, -0.05) is 12.1 Å². The van der Waals surface area contributed by atoms with Gasteiger partial charge in [0, 0.05) is 4.88 Å². The highest BCUT2D eigenvalue weighted by Gasteiger charge is 2.11. The van der Waals surface area contributed by atoms with Gasteiger partial charge >= 0.3 is 0 Å². The molecule has 0 unspecified atom stereocenters. The molecule has 0 radical (unpaired) electrons. The topological polar surface area (TPSA) is 73.8 Å². The first-order valence-electron chi connectivity index (χ1n) is 6.49. The van der Waals surface area contributed by atoms with Gasteiger partial charge in [0.1, 0.15) is 11.4 Å². The van der Waals surface area contributed by atoms with E-state index in [1.165, 1.54) is 4.57 Å². The number of aromatic nitrogens is 4. The van der Waals surface area contributed by atoms with E-state index < -0.39 is 0 Å². The molecule has 0 bridgehead atoms. The van der Waals surface area contributed by atoms with Crippen molar-refractivity contribution < 1.29 is 4.52 Å². The number of hydrogen-bond donors (Lipinski definition) is 0. The Balaban J connectivity index is 1.92. The van der Waals surface area contributed by atoms with Gasteiger partial charge in [-0.3, -0.25) is 9.36 Å². The van der Waals surface area contributed by atoms with Crippen molar-refractivity contribution in [3.63, 3.8) is 0 Å². The monoisotopic (exact) mass is 322 g/mol. The Morgan fingerprint density at radius 1 is 1.48 bits per heavy atom. The maximum absolute atomic E-state index is 12.4. The fraction of sp³-hybridized carbons (Fsp3) is 0.385. The highest BCUT2D eigenvalue weighted by Crippen LogP contribution is 2.21. The summed E-state index contributed by atoms with van der Waals surface area (Å²) in [6.45, 7) is 2.31. The molecule has 0 saturated carbocycles. The predicted molar refractivity (Wildman–Crippen MR) is 83.9 cm³/mol. The van der Waals surface area contributed by atoms with Crippen molar-refractivity contribution in [2.45, 2.75) is 25.6 Å². The number of hydrogen-bond acceptors (Lipinski definition) is 7. The number of nitrogens with zero attached hydrogens (tertiary/aromatic N) is 4. The Kier molecular flexibility index (Phi) is 4.07. The molecule has 0 amide bonds. The zero-order valence-corrected chi connectivity index (χ0v) is 13.3. The fourth-order valence-electron chi connectivity index (χ4n) is 1.98. The van der Waals surface area contributed by atoms with Crippen LogP contribution >= 0.6 is 23.1 Å². The van der Waals surface area contributed by atoms with Crippen LogP contribution in [0, 0.1) is 0 Å². The number of rotatable bonds is 5. The lowest BCUT2D eigenvalue weighted by molar-refractivity contribution is 0.366. The molecule has 0 fully saturated rings. The summed E-state index contributed by atoms with van der Waals surface area (Å²) in [5, 5.41) is 4.53. The van der Waals surface area contributed by atoms with Crippen LogP contribution < -0.4 is 5.56 Å². The third-order valence-corrected chi connectivity index (χ3v) is 4.74. The summed E-state index contributed by atoms with van der Waals surface area (Å²) in [7, 11) is 0. The second-order valence-corrected chi connectivity index (χ2v) is 6.48. The van der Waals surface area contributed by atoms with E-state index in [0.29, 0.717) is 22.9 Å². The van der Waals surface area contributed by atoms with Gasteiger partial charge in [0.15, 0.2) is 5.82 Å². The molecule has 21 heavy (non-hydrogen) atoms. The van der Waals surface area contributed by atoms with E-state index in [1.54, 1.807) is 29.4 Å². The average Bonchev–Trinajstić information content (AvgIpc) is 3.09. The van der Waals surface area contributed by atoms with Gasteiger partial charge in [0.2, 0.25) is 5.89 Å². The molecule has 8 heteroatoms. The van der Waals surface area contributed by atoms with Crippen LogP contribution in [0.3, 0.4) is 0 Å². The van der Waals surface area contributed by atoms with E-state index >= 15 is 0 Å². The minimum Gasteiger partial charge on any atom is -0.337 e. The van der Waals surface area contributed by atoms with Crippen molar-refractivity contribution >= 4 is 33.3 Å². The molecule has 0 saturated heterocycles. The van der Waals surface area contributed by atoms with Crippen molar-refractivity contribution in [2.24, 2.45) is 0 Å². The molecule has 3 aromatic rings. The van der Waals surface area contributed by atoms with Crippen molar-refractivity contribution in [2.75, 3.05) is 6.26 Å². The molecular weight excluding hydrogens is 308 g/mol. The van der Waals surface area contributed by atoms with E-state index in [2.05, 4.69) is 22.0 Å². The minimum atomic E-state index is -0.0689. The van der Waals surface area contributed by atoms with E-state index in [4.69, 9.17) is 4.52 Å². The van der Waals surface area contributed by atoms with E-state index in [1.807, 2.05) is 12.3 Å². The summed E-state index contributed by atoms with van der Waals surface area (Å²) in [5.74, 6) is 1.76. The lowest BCUT2D eigenvalue weighted by atomic mass is 10.3. The van der Waals surface area contributed by atoms with Crippen molar-refractivity contribution in [3.8, 4) is 0 Å². The Hall–Kier alpha value is -1.67. The van der Waals surface area contributed by atoms with Crippen LogP contribution in [0.1, 0.15) is 23.5 Å². The zero-order chi connectivity index (χ0) is 14.8. The van der Waals surface area contributed by atoms with Crippen molar-refractivity contribution in [1.82, 2.24) is 19.7 Å². The summed E-state index contributed by atoms with van der Waals surface area (Å²) >= 11 is 3.18. The Labute approximate surface area is 129 Å². The van der Waals surface area contributed by atoms with Crippen LogP contribution in [0.25, 0.3) is 10.2 Å². The maximum atomic E-state index is 12.4. The van der Waals surface area contributed by atoms with Crippen LogP contribution in [0.15, 0.2) is 21.7 Å². The van der Waals surface area contributed by atoms with E-state index in [-0.39, 0.29) is 12.1 Å². The van der Waals surface area contributed by atoms with Crippen LogP contribution in [0.2, 0.25) is 0 Å². The minimum absolute atomic E-state index is 0.0689. The molecule has 3 aromatic heterocycles. The molecule has 3 rings (SSSR count). The van der Waals surface area contributed by atoms with Crippen LogP contribution in [0.4, 0.5) is 0 Å². The summed E-state index contributed by atoms with van der Waals surface area (Å²) in [4.78, 5) is 23.0. The van der Waals surface area contributed by atoms with Gasteiger partial charge in [-0.2, -0.15) is 16.7 Å². The SMILES string of the molecule is CCc1cc2c(=O)n(Cc3nc(CSC)no3)cnc2s1. The van der Waals surface area contributed by atoms with Crippen molar-refractivity contribution in [3.05, 3.63) is 39.3 Å². The maximum Gasteiger partial charge on any atom is 0.262 e. The number of thiophene rings is 1. The Bertz CT molecular complexity index is 821. The first-order valence-corrected chi connectivity index (χ1v) is 8.70. The molecule has 0 atom stereocenters. The van der Waals surface area contributed by atoms with Gasteiger partial charge in [0.25, 0.3) is 5.56 Å². The summed E-state index contributed by atoms with van der Waals surface area (Å²) < 4.78 is 6.66. The summed E-state index contributed by atoms with van der Waals surface area (Å²) in [5.41, 5.74) is -0.0689. The lowest BCUT2D eigenvalue weighted by Gasteiger charge is -2.00. The molecule has 110 valence electrons. The summed E-state index contributed by atoms with van der Waals surface area (Å²) in [6, 6.07) is 1.92. The fourth-order valence-corrected chi connectivity index (χ4v) is 3.29. The molecule has 0 aliphatic rings. The van der Waals surface area contributed by atoms with Gasteiger partial charge in [-0.25, -0.2) is 4.98 Å². The largest absolute Gasteiger partial charge is 0.337 e. The van der Waals surface area contributed by atoms with Crippen LogP contribution in [-0.4, -0.2) is 25.9 Å². The first kappa shape index (κ1) is 14.3. The smallest absolute Gasteiger partial charge is 0.262 e. The van der Waals surface area contributed by atoms with Gasteiger partial charge in [-0.15, -0.1) is 11.3 Å². The second-order valence-electron chi connectivity index (χ2n) is 4.50. The molecule has 0 aliphatic heterocycles. The second kappa shape index (κ2) is 5.98. The quantitative estimate of drug-likeness (QED) is 0.717. The standard InChI is InChI=1S/C13H14N4O2S2/c1-3-8-4-9-12(21-8)14-7-17(13(9)18)5-11-15-10(6-20-2)16-19-11/h4,7H,3,5-6H2,1-2H3. The Morgan fingerprint density at radius 2 is 2.33 bits per heavy atom. The molecular formula is C13H14N4O2S2. The van der Waals surface area contributed by atoms with Crippen LogP contribution in [0.5, 0.6) is 0 Å². The summed E-state index contributed by atoms with van der Waals surface area (Å²) in [6.07, 6.45) is 4.42. The zero-order valence-electron chi connectivity index (χ0n) is 11.7. The normalized spacial score (nSPS) is 11.3. The van der Waals surface area contributed by atoms with Crippen LogP contribution in [-0.2, 0) is 18.7 Å². The highest BCUT2D eigenvalue weighted by molar-refractivity contribution is 7.97. The van der Waals surface area contributed by atoms with Gasteiger partial charge < -0.3 is 4.52 Å². The van der Waals surface area contributed by atoms with E-state index in [0.717, 1.165) is 16.1 Å². The van der Waals surface area contributed by atoms with E-state index in [9.17, 15) is 4.79 Å². The van der Waals surface area contributed by atoms with Crippen molar-refractivity contribution in [1.29, 1.82) is 0 Å². The number of aryl methyl sites for hydroxylation is 1.